The van der Waals surface area contributed by atoms with Crippen LogP contribution in [0.15, 0.2) is 83.9 Å². The van der Waals surface area contributed by atoms with E-state index in [1.54, 1.807) is 10.9 Å². The predicted molar refractivity (Wildman–Crippen MR) is 140 cm³/mol. The summed E-state index contributed by atoms with van der Waals surface area (Å²) in [5, 5.41) is 7.54. The number of aromatic nitrogens is 2. The van der Waals surface area contributed by atoms with E-state index in [0.717, 1.165) is 21.0 Å². The van der Waals surface area contributed by atoms with Crippen LogP contribution in [0.25, 0.3) is 11.3 Å². The van der Waals surface area contributed by atoms with Crippen LogP contribution in [-0.2, 0) is 16.6 Å². The molecule has 0 radical (unpaired) electrons. The summed E-state index contributed by atoms with van der Waals surface area (Å²) in [7, 11) is 0.661. The van der Waals surface area contributed by atoms with Crippen molar-refractivity contribution in [2.45, 2.75) is 18.4 Å². The molecule has 0 aliphatic heterocycles. The molecule has 1 aromatic heterocycles. The molecule has 36 heavy (non-hydrogen) atoms. The molecule has 1 N–H and O–H groups in total. The normalized spacial score (nSPS) is 11.5. The number of ether oxygens (including phenoxy) is 1. The highest BCUT2D eigenvalue weighted by atomic mass is 32.2. The van der Waals surface area contributed by atoms with E-state index in [2.05, 4.69) is 5.32 Å². The molecule has 0 bridgehead atoms. The molecule has 1 heterocycles. The molecule has 0 fully saturated rings. The molecule has 0 unspecified atom stereocenters. The maximum absolute atomic E-state index is 13.5. The van der Waals surface area contributed by atoms with Crippen LogP contribution in [0.4, 0.5) is 5.69 Å². The number of nitrogens with zero attached hydrogens (tertiary/aromatic N) is 3. The van der Waals surface area contributed by atoms with Gasteiger partial charge in [0, 0.05) is 25.9 Å². The fourth-order valence-electron chi connectivity index (χ4n) is 3.71. The Morgan fingerprint density at radius 3 is 2.36 bits per heavy atom. The summed E-state index contributed by atoms with van der Waals surface area (Å²) < 4.78 is 33.5. The molecule has 0 aliphatic carbocycles. The summed E-state index contributed by atoms with van der Waals surface area (Å²) in [4.78, 5) is 13.6. The van der Waals surface area contributed by atoms with Gasteiger partial charge >= 0.3 is 0 Å². The number of hydrogen-bond acceptors (Lipinski definition) is 5. The van der Waals surface area contributed by atoms with Crippen molar-refractivity contribution in [3.8, 4) is 17.0 Å². The van der Waals surface area contributed by atoms with Gasteiger partial charge in [0.25, 0.3) is 5.91 Å². The Hall–Kier alpha value is -3.95. The lowest BCUT2D eigenvalue weighted by Gasteiger charge is -2.15. The van der Waals surface area contributed by atoms with Gasteiger partial charge in [-0.3, -0.25) is 9.48 Å². The highest BCUT2D eigenvalue weighted by molar-refractivity contribution is 7.89. The topological polar surface area (TPSA) is 93.5 Å². The second-order valence-corrected chi connectivity index (χ2v) is 10.7. The molecule has 0 saturated carbocycles. The third-order valence-corrected chi connectivity index (χ3v) is 7.53. The van der Waals surface area contributed by atoms with Crippen molar-refractivity contribution in [3.63, 3.8) is 0 Å². The second-order valence-electron chi connectivity index (χ2n) is 8.54. The van der Waals surface area contributed by atoms with Crippen LogP contribution < -0.4 is 10.1 Å². The third-order valence-electron chi connectivity index (χ3n) is 5.72. The van der Waals surface area contributed by atoms with Crippen molar-refractivity contribution in [1.82, 2.24) is 14.1 Å². The van der Waals surface area contributed by atoms with Gasteiger partial charge in [0.05, 0.1) is 29.8 Å². The van der Waals surface area contributed by atoms with E-state index in [1.165, 1.54) is 39.4 Å². The number of anilines is 1. The smallest absolute Gasteiger partial charge is 0.259 e. The van der Waals surface area contributed by atoms with Crippen molar-refractivity contribution in [3.05, 3.63) is 95.7 Å². The van der Waals surface area contributed by atoms with E-state index in [-0.39, 0.29) is 10.6 Å². The first kappa shape index (κ1) is 25.2. The Kier molecular flexibility index (Phi) is 7.23. The Morgan fingerprint density at radius 2 is 1.72 bits per heavy atom. The highest BCUT2D eigenvalue weighted by Gasteiger charge is 2.23. The SMILES string of the molecule is COc1ccc(S(=O)(=O)N(C)C)cc1NC(=O)c1cn(Cc2ccccc2)nc1-c1ccc(C)cc1. The number of carbonyl (C=O) groups is 1. The first-order valence-corrected chi connectivity index (χ1v) is 12.7. The molecule has 4 aromatic rings. The van der Waals surface area contributed by atoms with Crippen LogP contribution in [0, 0.1) is 6.92 Å². The fourth-order valence-corrected chi connectivity index (χ4v) is 4.64. The number of methoxy groups -OCH3 is 1. The number of rotatable bonds is 8. The van der Waals surface area contributed by atoms with Gasteiger partial charge in [0.1, 0.15) is 11.4 Å². The quantitative estimate of drug-likeness (QED) is 0.383. The summed E-state index contributed by atoms with van der Waals surface area (Å²) >= 11 is 0. The largest absolute Gasteiger partial charge is 0.495 e. The van der Waals surface area contributed by atoms with E-state index in [0.29, 0.717) is 23.6 Å². The molecule has 0 aliphatic rings. The third kappa shape index (κ3) is 5.32. The van der Waals surface area contributed by atoms with Crippen molar-refractivity contribution in [2.24, 2.45) is 0 Å². The minimum atomic E-state index is -3.70. The second kappa shape index (κ2) is 10.3. The Bertz CT molecular complexity index is 1480. The van der Waals surface area contributed by atoms with Crippen LogP contribution in [-0.4, -0.2) is 49.6 Å². The summed E-state index contributed by atoms with van der Waals surface area (Å²) in [6, 6.07) is 22.0. The number of nitrogens with one attached hydrogen (secondary N) is 1. The summed E-state index contributed by atoms with van der Waals surface area (Å²) in [5.41, 5.74) is 4.07. The summed E-state index contributed by atoms with van der Waals surface area (Å²) in [6.07, 6.45) is 1.70. The van der Waals surface area contributed by atoms with E-state index in [9.17, 15) is 13.2 Å². The zero-order chi connectivity index (χ0) is 25.9. The number of carbonyl (C=O) groups excluding carboxylic acids is 1. The van der Waals surface area contributed by atoms with Gasteiger partial charge in [0.2, 0.25) is 10.0 Å². The molecule has 9 heteroatoms. The maximum Gasteiger partial charge on any atom is 0.259 e. The number of sulfonamides is 1. The molecule has 0 atom stereocenters. The monoisotopic (exact) mass is 504 g/mol. The Morgan fingerprint density at radius 1 is 1.03 bits per heavy atom. The lowest BCUT2D eigenvalue weighted by molar-refractivity contribution is 0.102. The minimum absolute atomic E-state index is 0.0436. The average molecular weight is 505 g/mol. The van der Waals surface area contributed by atoms with Crippen LogP contribution in [0.3, 0.4) is 0 Å². The van der Waals surface area contributed by atoms with Crippen molar-refractivity contribution >= 4 is 21.6 Å². The fraction of sp³-hybridized carbons (Fsp3) is 0.185. The Labute approximate surface area is 211 Å². The average Bonchev–Trinajstić information content (AvgIpc) is 3.28. The predicted octanol–water partition coefficient (Wildman–Crippen LogP) is 4.42. The van der Waals surface area contributed by atoms with Gasteiger partial charge in [-0.1, -0.05) is 60.2 Å². The Balaban J connectivity index is 1.73. The van der Waals surface area contributed by atoms with E-state index in [1.807, 2.05) is 61.5 Å². The van der Waals surface area contributed by atoms with Crippen molar-refractivity contribution in [2.75, 3.05) is 26.5 Å². The van der Waals surface area contributed by atoms with Gasteiger partial charge in [0.15, 0.2) is 0 Å². The first-order valence-electron chi connectivity index (χ1n) is 11.3. The van der Waals surface area contributed by atoms with E-state index >= 15 is 0 Å². The molecule has 1 amide bonds. The molecular formula is C27H28N4O4S. The van der Waals surface area contributed by atoms with Gasteiger partial charge in [-0.25, -0.2) is 12.7 Å². The standard InChI is InChI=1S/C27H28N4O4S/c1-19-10-12-21(13-11-19)26-23(18-31(29-26)17-20-8-6-5-7-9-20)27(32)28-24-16-22(14-15-25(24)35-4)36(33,34)30(2)3/h5-16,18H,17H2,1-4H3,(H,28,32). The first-order chi connectivity index (χ1) is 17.2. The van der Waals surface area contributed by atoms with E-state index in [4.69, 9.17) is 9.84 Å². The van der Waals surface area contributed by atoms with Crippen LogP contribution in [0.1, 0.15) is 21.5 Å². The molecular weight excluding hydrogens is 476 g/mol. The molecule has 8 nitrogen and oxygen atoms in total. The summed E-state index contributed by atoms with van der Waals surface area (Å²) in [6.45, 7) is 2.49. The summed E-state index contributed by atoms with van der Waals surface area (Å²) in [5.74, 6) is -0.0859. The van der Waals surface area contributed by atoms with Crippen molar-refractivity contribution < 1.29 is 17.9 Å². The van der Waals surface area contributed by atoms with Crippen LogP contribution >= 0.6 is 0 Å². The van der Waals surface area contributed by atoms with Gasteiger partial charge in [-0.05, 0) is 30.7 Å². The minimum Gasteiger partial charge on any atom is -0.495 e. The number of aryl methyl sites for hydroxylation is 1. The van der Waals surface area contributed by atoms with Gasteiger partial charge in [-0.2, -0.15) is 5.10 Å². The van der Waals surface area contributed by atoms with Gasteiger partial charge < -0.3 is 10.1 Å². The number of amides is 1. The molecule has 4 rings (SSSR count). The lowest BCUT2D eigenvalue weighted by Crippen LogP contribution is -2.22. The molecule has 0 saturated heterocycles. The molecule has 3 aromatic carbocycles. The van der Waals surface area contributed by atoms with Crippen LogP contribution in [0.2, 0.25) is 0 Å². The number of hydrogen-bond donors (Lipinski definition) is 1. The van der Waals surface area contributed by atoms with Crippen molar-refractivity contribution in [1.29, 1.82) is 0 Å². The molecule has 0 spiro atoms. The maximum atomic E-state index is 13.5. The van der Waals surface area contributed by atoms with Crippen LogP contribution in [0.5, 0.6) is 5.75 Å². The zero-order valence-corrected chi connectivity index (χ0v) is 21.4. The lowest BCUT2D eigenvalue weighted by atomic mass is 10.1. The highest BCUT2D eigenvalue weighted by Crippen LogP contribution is 2.30. The zero-order valence-electron chi connectivity index (χ0n) is 20.6. The van der Waals surface area contributed by atoms with E-state index < -0.39 is 15.9 Å². The van der Waals surface area contributed by atoms with Gasteiger partial charge in [-0.15, -0.1) is 0 Å². The number of benzene rings is 3. The molecule has 186 valence electrons.